The standard InChI is InChI=1S/C8H7BrF3NO2/c1-4-2-6(14)13-7(5(4)3-9)15-8(10,11)12/h2H,3H2,1H3,(H,13,14). The number of hydrogen-bond donors (Lipinski definition) is 1. The average molecular weight is 286 g/mol. The molecule has 7 heteroatoms. The summed E-state index contributed by atoms with van der Waals surface area (Å²) in [6.45, 7) is 1.54. The molecule has 1 aromatic heterocycles. The van der Waals surface area contributed by atoms with Gasteiger partial charge < -0.3 is 4.74 Å². The first-order chi connectivity index (χ1) is 6.83. The van der Waals surface area contributed by atoms with Gasteiger partial charge in [-0.2, -0.15) is 0 Å². The third-order valence-electron chi connectivity index (χ3n) is 1.69. The van der Waals surface area contributed by atoms with Crippen molar-refractivity contribution in [2.45, 2.75) is 18.6 Å². The van der Waals surface area contributed by atoms with Crippen molar-refractivity contribution < 1.29 is 17.9 Å². The summed E-state index contributed by atoms with van der Waals surface area (Å²) in [4.78, 5) is 12.9. The number of ether oxygens (including phenoxy) is 1. The minimum Gasteiger partial charge on any atom is -0.389 e. The minimum atomic E-state index is -4.81. The van der Waals surface area contributed by atoms with Crippen LogP contribution in [-0.4, -0.2) is 11.3 Å². The largest absolute Gasteiger partial charge is 0.574 e. The van der Waals surface area contributed by atoms with Crippen molar-refractivity contribution in [3.05, 3.63) is 27.5 Å². The van der Waals surface area contributed by atoms with Gasteiger partial charge in [0.15, 0.2) is 0 Å². The lowest BCUT2D eigenvalue weighted by Gasteiger charge is -2.12. The van der Waals surface area contributed by atoms with Crippen LogP contribution in [0.15, 0.2) is 10.9 Å². The van der Waals surface area contributed by atoms with Crippen LogP contribution in [0.25, 0.3) is 0 Å². The molecule has 0 unspecified atom stereocenters. The molecule has 1 heterocycles. The minimum absolute atomic E-state index is 0.168. The normalized spacial score (nSPS) is 11.5. The van der Waals surface area contributed by atoms with Crippen LogP contribution in [0.5, 0.6) is 5.88 Å². The lowest BCUT2D eigenvalue weighted by molar-refractivity contribution is -0.276. The molecule has 15 heavy (non-hydrogen) atoms. The zero-order chi connectivity index (χ0) is 11.6. The van der Waals surface area contributed by atoms with Crippen LogP contribution >= 0.6 is 15.9 Å². The monoisotopic (exact) mass is 285 g/mol. The maximum absolute atomic E-state index is 12.0. The quantitative estimate of drug-likeness (QED) is 0.849. The van der Waals surface area contributed by atoms with Gasteiger partial charge in [-0.25, -0.2) is 0 Å². The lowest BCUT2D eigenvalue weighted by atomic mass is 10.2. The number of halogens is 4. The van der Waals surface area contributed by atoms with E-state index in [4.69, 9.17) is 0 Å². The maximum atomic E-state index is 12.0. The number of hydrogen-bond acceptors (Lipinski definition) is 2. The summed E-state index contributed by atoms with van der Waals surface area (Å²) >= 11 is 3.02. The van der Waals surface area contributed by atoms with Crippen LogP contribution in [-0.2, 0) is 5.33 Å². The Morgan fingerprint density at radius 2 is 2.13 bits per heavy atom. The molecule has 84 valence electrons. The van der Waals surface area contributed by atoms with Crippen molar-refractivity contribution in [1.29, 1.82) is 0 Å². The Bertz CT molecular complexity index is 413. The van der Waals surface area contributed by atoms with Crippen molar-refractivity contribution in [1.82, 2.24) is 4.98 Å². The molecule has 0 atom stereocenters. The summed E-state index contributed by atoms with van der Waals surface area (Å²) in [5.74, 6) is -0.565. The molecule has 0 aromatic carbocycles. The number of rotatable bonds is 2. The molecule has 1 rings (SSSR count). The Kier molecular flexibility index (Phi) is 3.43. The van der Waals surface area contributed by atoms with E-state index < -0.39 is 17.8 Å². The SMILES string of the molecule is Cc1cc(=O)[nH]c(OC(F)(F)F)c1CBr. The van der Waals surface area contributed by atoms with Crippen molar-refractivity contribution in [2.24, 2.45) is 0 Å². The highest BCUT2D eigenvalue weighted by molar-refractivity contribution is 9.08. The van der Waals surface area contributed by atoms with Gasteiger partial charge >= 0.3 is 6.36 Å². The second-order valence-electron chi connectivity index (χ2n) is 2.81. The summed E-state index contributed by atoms with van der Waals surface area (Å²) < 4.78 is 39.6. The van der Waals surface area contributed by atoms with Gasteiger partial charge in [-0.1, -0.05) is 15.9 Å². The molecule has 0 saturated heterocycles. The van der Waals surface area contributed by atoms with Gasteiger partial charge in [0, 0.05) is 17.0 Å². The fraction of sp³-hybridized carbons (Fsp3) is 0.375. The van der Waals surface area contributed by atoms with Crippen LogP contribution in [0.1, 0.15) is 11.1 Å². The van der Waals surface area contributed by atoms with E-state index in [1.54, 1.807) is 0 Å². The van der Waals surface area contributed by atoms with Gasteiger partial charge in [-0.3, -0.25) is 9.78 Å². The van der Waals surface area contributed by atoms with Crippen molar-refractivity contribution in [2.75, 3.05) is 0 Å². The molecule has 3 nitrogen and oxygen atoms in total. The van der Waals surface area contributed by atoms with E-state index in [2.05, 4.69) is 20.7 Å². The lowest BCUT2D eigenvalue weighted by Crippen LogP contribution is -2.21. The number of nitrogens with one attached hydrogen (secondary N) is 1. The molecular weight excluding hydrogens is 279 g/mol. The maximum Gasteiger partial charge on any atom is 0.574 e. The molecule has 0 radical (unpaired) electrons. The fourth-order valence-corrected chi connectivity index (χ4v) is 1.75. The predicted octanol–water partition coefficient (Wildman–Crippen LogP) is 2.48. The molecule has 1 N–H and O–H groups in total. The van der Waals surface area contributed by atoms with Gasteiger partial charge in [-0.15, -0.1) is 13.2 Å². The third kappa shape index (κ3) is 3.26. The number of aromatic amines is 1. The van der Waals surface area contributed by atoms with Gasteiger partial charge in [0.25, 0.3) is 5.56 Å². The Labute approximate surface area is 91.4 Å². The Hall–Kier alpha value is -0.980. The van der Waals surface area contributed by atoms with Crippen molar-refractivity contribution in [3.8, 4) is 5.88 Å². The number of aromatic nitrogens is 1. The number of pyridine rings is 1. The van der Waals surface area contributed by atoms with E-state index in [9.17, 15) is 18.0 Å². The summed E-state index contributed by atoms with van der Waals surface area (Å²) in [6, 6.07) is 1.21. The summed E-state index contributed by atoms with van der Waals surface area (Å²) in [7, 11) is 0. The Balaban J connectivity index is 3.21. The topological polar surface area (TPSA) is 42.1 Å². The van der Waals surface area contributed by atoms with Crippen molar-refractivity contribution >= 4 is 15.9 Å². The van der Waals surface area contributed by atoms with E-state index in [-0.39, 0.29) is 10.9 Å². The van der Waals surface area contributed by atoms with Crippen molar-refractivity contribution in [3.63, 3.8) is 0 Å². The number of aryl methyl sites for hydroxylation is 1. The van der Waals surface area contributed by atoms with E-state index >= 15 is 0 Å². The van der Waals surface area contributed by atoms with Crippen LogP contribution in [0.4, 0.5) is 13.2 Å². The zero-order valence-electron chi connectivity index (χ0n) is 7.61. The molecule has 0 spiro atoms. The van der Waals surface area contributed by atoms with Gasteiger partial charge in [-0.05, 0) is 12.5 Å². The summed E-state index contributed by atoms with van der Waals surface area (Å²) in [5.41, 5.74) is 0.0817. The molecule has 0 bridgehead atoms. The molecule has 0 aliphatic carbocycles. The second-order valence-corrected chi connectivity index (χ2v) is 3.37. The van der Waals surface area contributed by atoms with Gasteiger partial charge in [0.05, 0.1) is 0 Å². The third-order valence-corrected chi connectivity index (χ3v) is 2.25. The smallest absolute Gasteiger partial charge is 0.389 e. The van der Waals surface area contributed by atoms with E-state index in [1.165, 1.54) is 13.0 Å². The molecule has 0 aliphatic rings. The van der Waals surface area contributed by atoms with E-state index in [0.717, 1.165) is 0 Å². The first kappa shape index (κ1) is 12.1. The Morgan fingerprint density at radius 3 is 2.60 bits per heavy atom. The molecule has 0 saturated carbocycles. The Morgan fingerprint density at radius 1 is 1.53 bits per heavy atom. The number of alkyl halides is 4. The van der Waals surface area contributed by atoms with E-state index in [0.29, 0.717) is 5.56 Å². The van der Waals surface area contributed by atoms with Gasteiger partial charge in [0.1, 0.15) is 0 Å². The highest BCUT2D eigenvalue weighted by Crippen LogP contribution is 2.26. The molecule has 0 amide bonds. The van der Waals surface area contributed by atoms with Gasteiger partial charge in [0.2, 0.25) is 5.88 Å². The first-order valence-corrected chi connectivity index (χ1v) is 5.00. The molecule has 0 fully saturated rings. The van der Waals surface area contributed by atoms with Crippen LogP contribution in [0.3, 0.4) is 0 Å². The molecule has 0 aliphatic heterocycles. The average Bonchev–Trinajstić information content (AvgIpc) is 1.99. The van der Waals surface area contributed by atoms with Crippen LogP contribution < -0.4 is 10.3 Å². The van der Waals surface area contributed by atoms with Crippen LogP contribution in [0, 0.1) is 6.92 Å². The first-order valence-electron chi connectivity index (χ1n) is 3.88. The highest BCUT2D eigenvalue weighted by Gasteiger charge is 2.32. The predicted molar refractivity (Wildman–Crippen MR) is 51.1 cm³/mol. The summed E-state index contributed by atoms with van der Waals surface area (Å²) in [5, 5.41) is 0.168. The zero-order valence-corrected chi connectivity index (χ0v) is 9.20. The molecular formula is C8H7BrF3NO2. The van der Waals surface area contributed by atoms with Crippen LogP contribution in [0.2, 0.25) is 0 Å². The van der Waals surface area contributed by atoms with E-state index in [1.807, 2.05) is 4.98 Å². The molecule has 1 aromatic rings. The second kappa shape index (κ2) is 4.26. The summed E-state index contributed by atoms with van der Waals surface area (Å²) in [6.07, 6.45) is -4.81. The highest BCUT2D eigenvalue weighted by atomic mass is 79.9. The fourth-order valence-electron chi connectivity index (χ4n) is 1.06. The number of H-pyrrole nitrogens is 1.